The third-order valence-corrected chi connectivity index (χ3v) is 2.01. The van der Waals surface area contributed by atoms with Crippen molar-refractivity contribution in [1.82, 2.24) is 5.48 Å². The normalized spacial score (nSPS) is 9.88. The first-order valence-corrected chi connectivity index (χ1v) is 5.33. The Balaban J connectivity index is 2.25. The number of hydrogen-bond acceptors (Lipinski definition) is 3. The molecular weight excluding hydrogens is 206 g/mol. The van der Waals surface area contributed by atoms with Crippen LogP contribution < -0.4 is 10.2 Å². The van der Waals surface area contributed by atoms with Crippen LogP contribution in [0.2, 0.25) is 0 Å². The molecule has 16 heavy (non-hydrogen) atoms. The number of nitrogens with one attached hydrogen (secondary N) is 1. The molecule has 1 aromatic carbocycles. The minimum atomic E-state index is -0.171. The zero-order chi connectivity index (χ0) is 11.8. The van der Waals surface area contributed by atoms with Gasteiger partial charge in [-0.25, -0.2) is 5.48 Å². The van der Waals surface area contributed by atoms with E-state index < -0.39 is 0 Å². The molecule has 0 aromatic heterocycles. The van der Waals surface area contributed by atoms with Crippen LogP contribution in [0.25, 0.3) is 0 Å². The Morgan fingerprint density at radius 3 is 2.81 bits per heavy atom. The van der Waals surface area contributed by atoms with E-state index in [1.807, 2.05) is 38.1 Å². The summed E-state index contributed by atoms with van der Waals surface area (Å²) in [6.07, 6.45) is 0.286. The van der Waals surface area contributed by atoms with E-state index in [2.05, 4.69) is 5.48 Å². The van der Waals surface area contributed by atoms with Gasteiger partial charge >= 0.3 is 0 Å². The molecule has 0 unspecified atom stereocenters. The molecule has 1 N–H and O–H groups in total. The molecular formula is C12H17NO3. The fourth-order valence-corrected chi connectivity index (χ4v) is 1.18. The second-order valence-corrected chi connectivity index (χ2v) is 3.32. The third kappa shape index (κ3) is 4.31. The predicted molar refractivity (Wildman–Crippen MR) is 61.1 cm³/mol. The molecule has 0 spiro atoms. The number of rotatable bonds is 6. The number of ether oxygens (including phenoxy) is 1. The standard InChI is InChI=1S/C12H17NO3/c1-3-16-13-12(14)8-9-15-11-7-5-4-6-10(11)2/h4-7H,3,8-9H2,1-2H3,(H,13,14). The first-order valence-electron chi connectivity index (χ1n) is 5.33. The van der Waals surface area contributed by atoms with Crippen LogP contribution in [0.4, 0.5) is 0 Å². The molecule has 0 saturated heterocycles. The highest BCUT2D eigenvalue weighted by Gasteiger charge is 2.02. The van der Waals surface area contributed by atoms with Gasteiger partial charge in [0, 0.05) is 0 Å². The van der Waals surface area contributed by atoms with Gasteiger partial charge in [-0.1, -0.05) is 18.2 Å². The van der Waals surface area contributed by atoms with E-state index >= 15 is 0 Å². The lowest BCUT2D eigenvalue weighted by atomic mass is 10.2. The minimum Gasteiger partial charge on any atom is -0.493 e. The summed E-state index contributed by atoms with van der Waals surface area (Å²) in [7, 11) is 0. The zero-order valence-corrected chi connectivity index (χ0v) is 9.66. The van der Waals surface area contributed by atoms with Crippen LogP contribution in [0, 0.1) is 6.92 Å². The summed E-state index contributed by atoms with van der Waals surface area (Å²) in [5.41, 5.74) is 3.38. The van der Waals surface area contributed by atoms with Gasteiger partial charge in [0.2, 0.25) is 5.91 Å². The van der Waals surface area contributed by atoms with E-state index in [9.17, 15) is 4.79 Å². The first-order chi connectivity index (χ1) is 7.74. The van der Waals surface area contributed by atoms with Crippen molar-refractivity contribution >= 4 is 5.91 Å². The van der Waals surface area contributed by atoms with Crippen LogP contribution >= 0.6 is 0 Å². The van der Waals surface area contributed by atoms with Gasteiger partial charge in [0.1, 0.15) is 5.75 Å². The van der Waals surface area contributed by atoms with Crippen molar-refractivity contribution in [2.24, 2.45) is 0 Å². The van der Waals surface area contributed by atoms with Crippen molar-refractivity contribution in [2.75, 3.05) is 13.2 Å². The van der Waals surface area contributed by atoms with E-state index in [-0.39, 0.29) is 12.3 Å². The van der Waals surface area contributed by atoms with Gasteiger partial charge in [0.05, 0.1) is 19.6 Å². The number of amides is 1. The topological polar surface area (TPSA) is 47.6 Å². The number of hydroxylamine groups is 1. The Kier molecular flexibility index (Phi) is 5.36. The highest BCUT2D eigenvalue weighted by atomic mass is 16.6. The number of benzene rings is 1. The van der Waals surface area contributed by atoms with Crippen molar-refractivity contribution in [3.63, 3.8) is 0 Å². The van der Waals surface area contributed by atoms with Gasteiger partial charge in [-0.3, -0.25) is 9.63 Å². The molecule has 4 nitrogen and oxygen atoms in total. The van der Waals surface area contributed by atoms with Crippen molar-refractivity contribution < 1.29 is 14.4 Å². The summed E-state index contributed by atoms with van der Waals surface area (Å²) in [5.74, 6) is 0.641. The summed E-state index contributed by atoms with van der Waals surface area (Å²) >= 11 is 0. The van der Waals surface area contributed by atoms with Crippen molar-refractivity contribution in [2.45, 2.75) is 20.3 Å². The highest BCUT2D eigenvalue weighted by molar-refractivity contribution is 5.74. The Morgan fingerprint density at radius 2 is 2.12 bits per heavy atom. The molecule has 0 bridgehead atoms. The van der Waals surface area contributed by atoms with Crippen LogP contribution in [0.5, 0.6) is 5.75 Å². The lowest BCUT2D eigenvalue weighted by Crippen LogP contribution is -2.25. The van der Waals surface area contributed by atoms with E-state index in [0.29, 0.717) is 13.2 Å². The van der Waals surface area contributed by atoms with E-state index in [4.69, 9.17) is 9.57 Å². The van der Waals surface area contributed by atoms with E-state index in [0.717, 1.165) is 11.3 Å². The van der Waals surface area contributed by atoms with E-state index in [1.165, 1.54) is 0 Å². The molecule has 0 aliphatic carbocycles. The molecule has 0 atom stereocenters. The molecule has 0 saturated carbocycles. The summed E-state index contributed by atoms with van der Waals surface area (Å²) in [5, 5.41) is 0. The molecule has 0 heterocycles. The van der Waals surface area contributed by atoms with Crippen LogP contribution in [0.15, 0.2) is 24.3 Å². The van der Waals surface area contributed by atoms with Gasteiger partial charge < -0.3 is 4.74 Å². The van der Waals surface area contributed by atoms with Crippen LogP contribution in [0.3, 0.4) is 0 Å². The quantitative estimate of drug-likeness (QED) is 0.748. The van der Waals surface area contributed by atoms with Gasteiger partial charge in [0.15, 0.2) is 0 Å². The molecule has 88 valence electrons. The maximum Gasteiger partial charge on any atom is 0.246 e. The number of para-hydroxylation sites is 1. The highest BCUT2D eigenvalue weighted by Crippen LogP contribution is 2.15. The maximum absolute atomic E-state index is 11.2. The predicted octanol–water partition coefficient (Wildman–Crippen LogP) is 1.83. The minimum absolute atomic E-state index is 0.171. The van der Waals surface area contributed by atoms with Crippen LogP contribution in [-0.4, -0.2) is 19.1 Å². The lowest BCUT2D eigenvalue weighted by Gasteiger charge is -2.08. The Bertz CT molecular complexity index is 339. The van der Waals surface area contributed by atoms with Crippen LogP contribution in [-0.2, 0) is 9.63 Å². The molecule has 4 heteroatoms. The first kappa shape index (κ1) is 12.5. The fraction of sp³-hybridized carbons (Fsp3) is 0.417. The fourth-order valence-electron chi connectivity index (χ4n) is 1.18. The molecule has 1 rings (SSSR count). The van der Waals surface area contributed by atoms with Gasteiger partial charge in [-0.15, -0.1) is 0 Å². The molecule has 0 radical (unpaired) electrons. The van der Waals surface area contributed by atoms with Gasteiger partial charge in [0.25, 0.3) is 0 Å². The lowest BCUT2D eigenvalue weighted by molar-refractivity contribution is -0.133. The summed E-state index contributed by atoms with van der Waals surface area (Å²) in [6.45, 7) is 4.59. The second-order valence-electron chi connectivity index (χ2n) is 3.32. The number of carbonyl (C=O) groups is 1. The molecule has 0 fully saturated rings. The van der Waals surface area contributed by atoms with Gasteiger partial charge in [-0.2, -0.15) is 0 Å². The largest absolute Gasteiger partial charge is 0.493 e. The second kappa shape index (κ2) is 6.85. The summed E-state index contributed by atoms with van der Waals surface area (Å²) < 4.78 is 5.47. The Morgan fingerprint density at radius 1 is 1.38 bits per heavy atom. The molecule has 0 aliphatic rings. The number of aryl methyl sites for hydroxylation is 1. The molecule has 1 aromatic rings. The summed E-state index contributed by atoms with van der Waals surface area (Å²) in [4.78, 5) is 15.9. The maximum atomic E-state index is 11.2. The van der Waals surface area contributed by atoms with Crippen molar-refractivity contribution in [1.29, 1.82) is 0 Å². The van der Waals surface area contributed by atoms with Crippen molar-refractivity contribution in [3.05, 3.63) is 29.8 Å². The Hall–Kier alpha value is -1.55. The molecule has 1 amide bonds. The Labute approximate surface area is 95.5 Å². The SMILES string of the molecule is CCONC(=O)CCOc1ccccc1C. The number of carbonyl (C=O) groups excluding carboxylic acids is 1. The van der Waals surface area contributed by atoms with Gasteiger partial charge in [-0.05, 0) is 25.5 Å². The smallest absolute Gasteiger partial charge is 0.246 e. The van der Waals surface area contributed by atoms with E-state index in [1.54, 1.807) is 0 Å². The molecule has 0 aliphatic heterocycles. The monoisotopic (exact) mass is 223 g/mol. The third-order valence-electron chi connectivity index (χ3n) is 2.01. The summed E-state index contributed by atoms with van der Waals surface area (Å²) in [6, 6.07) is 7.71. The zero-order valence-electron chi connectivity index (χ0n) is 9.66. The average Bonchev–Trinajstić information content (AvgIpc) is 2.29. The van der Waals surface area contributed by atoms with Crippen molar-refractivity contribution in [3.8, 4) is 5.75 Å². The number of hydrogen-bond donors (Lipinski definition) is 1. The van der Waals surface area contributed by atoms with Crippen LogP contribution in [0.1, 0.15) is 18.9 Å². The average molecular weight is 223 g/mol.